The quantitative estimate of drug-likeness (QED) is 0.810. The van der Waals surface area contributed by atoms with Gasteiger partial charge in [0.05, 0.1) is 19.6 Å². The highest BCUT2D eigenvalue weighted by Gasteiger charge is 2.36. The van der Waals surface area contributed by atoms with Crippen LogP contribution in [0.3, 0.4) is 0 Å². The second-order valence-corrected chi connectivity index (χ2v) is 7.85. The maximum absolute atomic E-state index is 12.2. The Morgan fingerprint density at radius 3 is 2.88 bits per heavy atom. The van der Waals surface area contributed by atoms with Crippen molar-refractivity contribution in [2.45, 2.75) is 38.1 Å². The van der Waals surface area contributed by atoms with Crippen LogP contribution >= 0.6 is 0 Å². The van der Waals surface area contributed by atoms with Crippen LogP contribution in [0.2, 0.25) is 0 Å². The van der Waals surface area contributed by atoms with E-state index in [1.54, 1.807) is 12.1 Å². The summed E-state index contributed by atoms with van der Waals surface area (Å²) in [5.41, 5.74) is 1.34. The van der Waals surface area contributed by atoms with Crippen LogP contribution in [-0.2, 0) is 11.3 Å². The van der Waals surface area contributed by atoms with Crippen molar-refractivity contribution in [2.24, 2.45) is 5.92 Å². The lowest BCUT2D eigenvalue weighted by Crippen LogP contribution is -3.14. The SMILES string of the molecule is O=C(C=CC[NH+]1C[C@@H]2C[C@H](C1)c1cccc(=O)n1C2)N1CCCCC1. The maximum atomic E-state index is 12.2. The molecule has 134 valence electrons. The molecule has 1 unspecified atom stereocenters. The summed E-state index contributed by atoms with van der Waals surface area (Å²) in [6, 6.07) is 5.67. The minimum atomic E-state index is 0.141. The Labute approximate surface area is 148 Å². The smallest absolute Gasteiger partial charge is 0.250 e. The van der Waals surface area contributed by atoms with Crippen molar-refractivity contribution in [1.82, 2.24) is 9.47 Å². The second-order valence-electron chi connectivity index (χ2n) is 7.85. The highest BCUT2D eigenvalue weighted by Crippen LogP contribution is 2.29. The number of quaternary nitrogens is 1. The molecule has 5 nitrogen and oxygen atoms in total. The number of likely N-dealkylation sites (tertiary alicyclic amines) is 2. The number of nitrogens with zero attached hydrogens (tertiary/aromatic N) is 2. The summed E-state index contributed by atoms with van der Waals surface area (Å²) in [5, 5.41) is 0. The fourth-order valence-corrected chi connectivity index (χ4v) is 4.83. The van der Waals surface area contributed by atoms with Gasteiger partial charge in [-0.05, 0) is 37.8 Å². The Morgan fingerprint density at radius 2 is 2.04 bits per heavy atom. The van der Waals surface area contributed by atoms with Gasteiger partial charge in [0.1, 0.15) is 0 Å². The molecule has 1 aromatic rings. The summed E-state index contributed by atoms with van der Waals surface area (Å²) in [7, 11) is 0. The zero-order valence-corrected chi connectivity index (χ0v) is 14.8. The van der Waals surface area contributed by atoms with Crippen LogP contribution in [0.4, 0.5) is 0 Å². The van der Waals surface area contributed by atoms with E-state index >= 15 is 0 Å². The Kier molecular flexibility index (Phi) is 4.75. The van der Waals surface area contributed by atoms with Gasteiger partial charge in [0.2, 0.25) is 5.91 Å². The van der Waals surface area contributed by atoms with E-state index in [2.05, 4.69) is 12.1 Å². The molecule has 4 rings (SSSR count). The Bertz CT molecular complexity index is 718. The summed E-state index contributed by atoms with van der Waals surface area (Å²) in [6.45, 7) is 5.74. The van der Waals surface area contributed by atoms with E-state index in [4.69, 9.17) is 0 Å². The Morgan fingerprint density at radius 1 is 1.20 bits per heavy atom. The molecule has 1 aromatic heterocycles. The molecule has 3 atom stereocenters. The first kappa shape index (κ1) is 16.6. The average molecular weight is 342 g/mol. The average Bonchev–Trinajstić information content (AvgIpc) is 2.63. The highest BCUT2D eigenvalue weighted by molar-refractivity contribution is 5.87. The minimum Gasteiger partial charge on any atom is -0.339 e. The molecule has 25 heavy (non-hydrogen) atoms. The van der Waals surface area contributed by atoms with Crippen LogP contribution in [0.15, 0.2) is 35.1 Å². The fraction of sp³-hybridized carbons (Fsp3) is 0.600. The van der Waals surface area contributed by atoms with Crippen LogP contribution in [0, 0.1) is 5.92 Å². The van der Waals surface area contributed by atoms with Crippen LogP contribution in [0.25, 0.3) is 0 Å². The Hall–Kier alpha value is -1.88. The largest absolute Gasteiger partial charge is 0.339 e. The van der Waals surface area contributed by atoms with Crippen molar-refractivity contribution >= 4 is 5.91 Å². The molecule has 3 aliphatic heterocycles. The summed E-state index contributed by atoms with van der Waals surface area (Å²) in [5.74, 6) is 1.23. The molecule has 2 saturated heterocycles. The third kappa shape index (κ3) is 3.56. The molecule has 1 N–H and O–H groups in total. The number of carbonyl (C=O) groups is 1. The number of carbonyl (C=O) groups excluding carboxylic acids is 1. The van der Waals surface area contributed by atoms with Gasteiger partial charge in [0.25, 0.3) is 5.56 Å². The van der Waals surface area contributed by atoms with Crippen LogP contribution < -0.4 is 10.5 Å². The zero-order chi connectivity index (χ0) is 17.2. The number of rotatable bonds is 3. The van der Waals surface area contributed by atoms with Crippen LogP contribution in [0.5, 0.6) is 0 Å². The van der Waals surface area contributed by atoms with E-state index in [0.717, 1.165) is 52.1 Å². The Balaban J connectivity index is 1.37. The van der Waals surface area contributed by atoms with Gasteiger partial charge in [0.15, 0.2) is 0 Å². The number of piperidine rings is 2. The third-order valence-corrected chi connectivity index (χ3v) is 6.01. The molecule has 1 amide bonds. The van der Waals surface area contributed by atoms with Crippen molar-refractivity contribution < 1.29 is 9.69 Å². The molecule has 0 saturated carbocycles. The first-order chi connectivity index (χ1) is 12.2. The van der Waals surface area contributed by atoms with Crippen LogP contribution in [0.1, 0.15) is 37.3 Å². The van der Waals surface area contributed by atoms with Gasteiger partial charge < -0.3 is 14.4 Å². The number of pyridine rings is 1. The number of fused-ring (bicyclic) bond motifs is 4. The molecular weight excluding hydrogens is 314 g/mol. The molecule has 0 aliphatic carbocycles. The van der Waals surface area contributed by atoms with Gasteiger partial charge in [-0.1, -0.05) is 6.07 Å². The van der Waals surface area contributed by atoms with Crippen molar-refractivity contribution in [3.05, 3.63) is 46.4 Å². The lowest BCUT2D eigenvalue weighted by molar-refractivity contribution is -0.905. The molecule has 0 spiro atoms. The predicted octanol–water partition coefficient (Wildman–Crippen LogP) is 0.419. The topological polar surface area (TPSA) is 46.8 Å². The molecule has 2 fully saturated rings. The van der Waals surface area contributed by atoms with Crippen molar-refractivity contribution in [2.75, 3.05) is 32.7 Å². The number of amides is 1. The summed E-state index contributed by atoms with van der Waals surface area (Å²) in [4.78, 5) is 27.8. The molecular formula is C20H28N3O2+. The summed E-state index contributed by atoms with van der Waals surface area (Å²) >= 11 is 0. The van der Waals surface area contributed by atoms with Gasteiger partial charge in [-0.2, -0.15) is 0 Å². The van der Waals surface area contributed by atoms with E-state index in [9.17, 15) is 9.59 Å². The van der Waals surface area contributed by atoms with Crippen LogP contribution in [-0.4, -0.2) is 48.1 Å². The molecule has 0 radical (unpaired) electrons. The van der Waals surface area contributed by atoms with Gasteiger partial charge in [-0.15, -0.1) is 0 Å². The van der Waals surface area contributed by atoms with E-state index < -0.39 is 0 Å². The van der Waals surface area contributed by atoms with E-state index in [1.165, 1.54) is 23.4 Å². The monoisotopic (exact) mass is 342 g/mol. The van der Waals surface area contributed by atoms with E-state index in [0.29, 0.717) is 11.8 Å². The molecule has 5 heteroatoms. The normalized spacial score (nSPS) is 28.8. The van der Waals surface area contributed by atoms with Gasteiger partial charge in [-0.3, -0.25) is 9.59 Å². The van der Waals surface area contributed by atoms with Crippen molar-refractivity contribution in [3.63, 3.8) is 0 Å². The first-order valence-corrected chi connectivity index (χ1v) is 9.69. The predicted molar refractivity (Wildman–Crippen MR) is 96.7 cm³/mol. The first-order valence-electron chi connectivity index (χ1n) is 9.69. The molecule has 2 bridgehead atoms. The molecule has 4 heterocycles. The lowest BCUT2D eigenvalue weighted by Gasteiger charge is -2.40. The summed E-state index contributed by atoms with van der Waals surface area (Å²) < 4.78 is 1.98. The van der Waals surface area contributed by atoms with E-state index in [1.807, 2.05) is 15.5 Å². The van der Waals surface area contributed by atoms with Gasteiger partial charge >= 0.3 is 0 Å². The molecule has 0 aromatic carbocycles. The number of aromatic nitrogens is 1. The zero-order valence-electron chi connectivity index (χ0n) is 14.8. The highest BCUT2D eigenvalue weighted by atomic mass is 16.2. The number of hydrogen-bond donors (Lipinski definition) is 1. The second kappa shape index (κ2) is 7.16. The third-order valence-electron chi connectivity index (χ3n) is 6.01. The van der Waals surface area contributed by atoms with Crippen molar-refractivity contribution in [1.29, 1.82) is 0 Å². The van der Waals surface area contributed by atoms with Gasteiger partial charge in [0, 0.05) is 49.3 Å². The standard InChI is InChI=1S/C20H27N3O2/c24-19(22-10-2-1-3-11-22)8-5-9-21-13-16-12-17(15-21)18-6-4-7-20(25)23(18)14-16/h4-8,16-17H,1-3,9-15H2/p+1/t16-,17+/m0/s1. The van der Waals surface area contributed by atoms with Gasteiger partial charge in [-0.25, -0.2) is 0 Å². The lowest BCUT2D eigenvalue weighted by atomic mass is 9.83. The van der Waals surface area contributed by atoms with Crippen molar-refractivity contribution in [3.8, 4) is 0 Å². The fourth-order valence-electron chi connectivity index (χ4n) is 4.83. The number of nitrogens with one attached hydrogen (secondary N) is 1. The minimum absolute atomic E-state index is 0.141. The van der Waals surface area contributed by atoms with E-state index in [-0.39, 0.29) is 11.5 Å². The maximum Gasteiger partial charge on any atom is 0.250 e. The summed E-state index contributed by atoms with van der Waals surface area (Å²) in [6.07, 6.45) is 8.56. The number of hydrogen-bond acceptors (Lipinski definition) is 2. The molecule has 3 aliphatic rings.